The van der Waals surface area contributed by atoms with Gasteiger partial charge in [0.15, 0.2) is 0 Å². The van der Waals surface area contributed by atoms with Crippen LogP contribution in [0, 0.1) is 5.92 Å². The normalized spacial score (nSPS) is 16.1. The summed E-state index contributed by atoms with van der Waals surface area (Å²) < 4.78 is 0. The molecule has 0 saturated carbocycles. The first kappa shape index (κ1) is 27.9. The largest absolute Gasteiger partial charge is 0.314 e. The zero-order chi connectivity index (χ0) is 30.7. The van der Waals surface area contributed by atoms with Crippen LogP contribution in [0.5, 0.6) is 0 Å². The second kappa shape index (κ2) is 12.4. The highest BCUT2D eigenvalue weighted by Crippen LogP contribution is 2.41. The Balaban J connectivity index is 1.10. The lowest BCUT2D eigenvalue weighted by Gasteiger charge is -2.33. The van der Waals surface area contributed by atoms with E-state index in [1.54, 1.807) is 0 Å². The first-order valence-electron chi connectivity index (χ1n) is 16.3. The molecule has 2 aliphatic rings. The number of allylic oxidation sites excluding steroid dienone is 7. The predicted molar refractivity (Wildman–Crippen MR) is 196 cm³/mol. The molecule has 1 atom stereocenters. The fourth-order valence-corrected chi connectivity index (χ4v) is 7.04. The molecule has 222 valence electrons. The highest BCUT2D eigenvalue weighted by molar-refractivity contribution is 5.98. The van der Waals surface area contributed by atoms with Crippen molar-refractivity contribution in [3.05, 3.63) is 193 Å². The van der Waals surface area contributed by atoms with Crippen LogP contribution in [0.25, 0.3) is 21.5 Å². The summed E-state index contributed by atoms with van der Waals surface area (Å²) in [6.07, 6.45) is 14.9. The molecule has 0 saturated heterocycles. The minimum Gasteiger partial charge on any atom is -0.314 e. The summed E-state index contributed by atoms with van der Waals surface area (Å²) in [5, 5.41) is 5.04. The molecule has 0 spiro atoms. The number of hydrogen-bond acceptors (Lipinski definition) is 2. The number of rotatable bonds is 7. The van der Waals surface area contributed by atoms with E-state index in [4.69, 9.17) is 0 Å². The molecule has 0 heterocycles. The number of anilines is 4. The standard InChI is InChI=1S/C44H36N2/c1-3-17-37(18-4-1)45(43-23-11-15-35-13-7-9-21-41(35)43)39-29-25-33(26-30-39)34-27-31-40(32-28-34)46(38-19-5-2-6-20-38)44-24-12-16-36-14-8-10-22-42(36)44/h1-25,27,29-31,33H,26,28,32H2. The summed E-state index contributed by atoms with van der Waals surface area (Å²) in [6, 6.07) is 52.1. The van der Waals surface area contributed by atoms with E-state index in [2.05, 4.69) is 186 Å². The summed E-state index contributed by atoms with van der Waals surface area (Å²) in [5.74, 6) is 0.398. The fourth-order valence-electron chi connectivity index (χ4n) is 7.04. The van der Waals surface area contributed by atoms with Crippen molar-refractivity contribution in [3.8, 4) is 0 Å². The maximum Gasteiger partial charge on any atom is 0.0539 e. The zero-order valence-electron chi connectivity index (χ0n) is 25.8. The summed E-state index contributed by atoms with van der Waals surface area (Å²) in [6.45, 7) is 0. The molecule has 2 nitrogen and oxygen atoms in total. The molecule has 0 N–H and O–H groups in total. The lowest BCUT2D eigenvalue weighted by molar-refractivity contribution is 0.693. The second-order valence-corrected chi connectivity index (χ2v) is 12.1. The average Bonchev–Trinajstić information content (AvgIpc) is 3.14. The van der Waals surface area contributed by atoms with Gasteiger partial charge < -0.3 is 9.80 Å². The van der Waals surface area contributed by atoms with Crippen molar-refractivity contribution >= 4 is 44.3 Å². The van der Waals surface area contributed by atoms with E-state index in [0.717, 1.165) is 19.3 Å². The first-order chi connectivity index (χ1) is 22.8. The second-order valence-electron chi connectivity index (χ2n) is 12.1. The van der Waals surface area contributed by atoms with E-state index >= 15 is 0 Å². The zero-order valence-corrected chi connectivity index (χ0v) is 25.8. The van der Waals surface area contributed by atoms with Gasteiger partial charge in [-0.2, -0.15) is 0 Å². The van der Waals surface area contributed by atoms with Gasteiger partial charge >= 0.3 is 0 Å². The van der Waals surface area contributed by atoms with Crippen LogP contribution in [0.3, 0.4) is 0 Å². The Morgan fingerprint density at radius 3 is 1.59 bits per heavy atom. The molecule has 8 rings (SSSR count). The van der Waals surface area contributed by atoms with E-state index in [1.165, 1.54) is 61.3 Å². The number of fused-ring (bicyclic) bond motifs is 2. The third-order valence-electron chi connectivity index (χ3n) is 9.31. The molecule has 6 aromatic carbocycles. The quantitative estimate of drug-likeness (QED) is 0.182. The van der Waals surface area contributed by atoms with Crippen molar-refractivity contribution in [2.75, 3.05) is 9.80 Å². The van der Waals surface area contributed by atoms with E-state index in [9.17, 15) is 0 Å². The number of hydrogen-bond donors (Lipinski definition) is 0. The monoisotopic (exact) mass is 592 g/mol. The molecule has 0 bridgehead atoms. The molecular weight excluding hydrogens is 556 g/mol. The Morgan fingerprint density at radius 1 is 0.478 bits per heavy atom. The van der Waals surface area contributed by atoms with Gasteiger partial charge in [0.2, 0.25) is 0 Å². The van der Waals surface area contributed by atoms with E-state index in [1.807, 2.05) is 0 Å². The summed E-state index contributed by atoms with van der Waals surface area (Å²) in [5.41, 5.74) is 8.85. The number of para-hydroxylation sites is 2. The van der Waals surface area contributed by atoms with Crippen LogP contribution in [-0.4, -0.2) is 0 Å². The van der Waals surface area contributed by atoms with Gasteiger partial charge in [0, 0.05) is 39.5 Å². The van der Waals surface area contributed by atoms with Gasteiger partial charge in [0.25, 0.3) is 0 Å². The van der Waals surface area contributed by atoms with Gasteiger partial charge in [-0.1, -0.05) is 133 Å². The van der Waals surface area contributed by atoms with Gasteiger partial charge in [0.1, 0.15) is 0 Å². The van der Waals surface area contributed by atoms with Gasteiger partial charge in [-0.3, -0.25) is 0 Å². The molecule has 0 aliphatic heterocycles. The maximum absolute atomic E-state index is 2.45. The van der Waals surface area contributed by atoms with Crippen LogP contribution in [-0.2, 0) is 0 Å². The molecule has 0 radical (unpaired) electrons. The third-order valence-corrected chi connectivity index (χ3v) is 9.31. The molecule has 6 aromatic rings. The Hall–Kier alpha value is -5.60. The van der Waals surface area contributed by atoms with Gasteiger partial charge in [0.05, 0.1) is 11.4 Å². The molecule has 0 aromatic heterocycles. The topological polar surface area (TPSA) is 6.48 Å². The van der Waals surface area contributed by atoms with Crippen LogP contribution in [0.1, 0.15) is 19.3 Å². The highest BCUT2D eigenvalue weighted by Gasteiger charge is 2.24. The van der Waals surface area contributed by atoms with Crippen LogP contribution in [0.2, 0.25) is 0 Å². The Morgan fingerprint density at radius 2 is 1.02 bits per heavy atom. The molecule has 46 heavy (non-hydrogen) atoms. The Kier molecular flexibility index (Phi) is 7.54. The van der Waals surface area contributed by atoms with Crippen LogP contribution in [0.4, 0.5) is 22.7 Å². The van der Waals surface area contributed by atoms with E-state index < -0.39 is 0 Å². The lowest BCUT2D eigenvalue weighted by Crippen LogP contribution is -2.20. The average molecular weight is 593 g/mol. The predicted octanol–water partition coefficient (Wildman–Crippen LogP) is 12.0. The third kappa shape index (κ3) is 5.33. The summed E-state index contributed by atoms with van der Waals surface area (Å²) >= 11 is 0. The van der Waals surface area contributed by atoms with Gasteiger partial charge in [-0.05, 0) is 78.6 Å². The highest BCUT2D eigenvalue weighted by atomic mass is 15.2. The smallest absolute Gasteiger partial charge is 0.0539 e. The Labute approximate surface area is 271 Å². The van der Waals surface area contributed by atoms with Crippen molar-refractivity contribution in [2.24, 2.45) is 5.92 Å². The molecule has 0 amide bonds. The fraction of sp³-hybridized carbons (Fsp3) is 0.0909. The van der Waals surface area contributed by atoms with Crippen molar-refractivity contribution in [3.63, 3.8) is 0 Å². The molecule has 0 fully saturated rings. The summed E-state index contributed by atoms with van der Waals surface area (Å²) in [4.78, 5) is 4.86. The van der Waals surface area contributed by atoms with Crippen molar-refractivity contribution in [1.82, 2.24) is 0 Å². The Bertz CT molecular complexity index is 2130. The van der Waals surface area contributed by atoms with Gasteiger partial charge in [-0.15, -0.1) is 0 Å². The molecule has 1 unspecified atom stereocenters. The van der Waals surface area contributed by atoms with Crippen molar-refractivity contribution < 1.29 is 0 Å². The van der Waals surface area contributed by atoms with Crippen molar-refractivity contribution in [2.45, 2.75) is 19.3 Å². The van der Waals surface area contributed by atoms with Crippen LogP contribution < -0.4 is 9.80 Å². The van der Waals surface area contributed by atoms with Crippen LogP contribution in [0.15, 0.2) is 193 Å². The lowest BCUT2D eigenvalue weighted by atomic mass is 9.85. The first-order valence-corrected chi connectivity index (χ1v) is 16.3. The minimum atomic E-state index is 0.398. The maximum atomic E-state index is 2.45. The molecular formula is C44H36N2. The summed E-state index contributed by atoms with van der Waals surface area (Å²) in [7, 11) is 0. The SMILES string of the molecule is C1=CC(C2=CC=C(N(c3ccccc3)c3cccc4ccccc34)CC2)CC=C1N(c1ccccc1)c1cccc2ccccc12. The van der Waals surface area contributed by atoms with E-state index in [-0.39, 0.29) is 0 Å². The molecule has 2 heteroatoms. The molecule has 2 aliphatic carbocycles. The van der Waals surface area contributed by atoms with E-state index in [0.29, 0.717) is 5.92 Å². The number of nitrogens with zero attached hydrogens (tertiary/aromatic N) is 2. The van der Waals surface area contributed by atoms with Crippen molar-refractivity contribution in [1.29, 1.82) is 0 Å². The van der Waals surface area contributed by atoms with Crippen LogP contribution >= 0.6 is 0 Å². The van der Waals surface area contributed by atoms with Gasteiger partial charge in [-0.25, -0.2) is 0 Å². The minimum absolute atomic E-state index is 0.398. The number of benzene rings is 6.